The smallest absolute Gasteiger partial charge is 0.251 e. The van der Waals surface area contributed by atoms with Crippen LogP contribution in [0.15, 0.2) is 22.7 Å². The van der Waals surface area contributed by atoms with Crippen LogP contribution in [0.4, 0.5) is 0 Å². The molecule has 1 fully saturated rings. The molecule has 0 radical (unpaired) electrons. The molecular formula is C16H23BrN2O. The van der Waals surface area contributed by atoms with Crippen molar-refractivity contribution in [2.45, 2.75) is 33.2 Å². The number of rotatable bonds is 4. The van der Waals surface area contributed by atoms with Gasteiger partial charge in [-0.25, -0.2) is 0 Å². The van der Waals surface area contributed by atoms with Gasteiger partial charge in [0.25, 0.3) is 5.91 Å². The fraction of sp³-hybridized carbons (Fsp3) is 0.562. The fourth-order valence-electron chi connectivity index (χ4n) is 2.67. The fourth-order valence-corrected chi connectivity index (χ4v) is 3.03. The Balaban J connectivity index is 1.88. The van der Waals surface area contributed by atoms with E-state index in [9.17, 15) is 4.79 Å². The standard InChI is InChI=1S/C16H23BrN2O/c1-11(2)19-7-6-13(10-19)9-18-16(20)15-8-14(17)5-4-12(15)3/h4-5,8,11,13H,6-7,9-10H2,1-3H3,(H,18,20). The first-order valence-electron chi connectivity index (χ1n) is 7.25. The van der Waals surface area contributed by atoms with Crippen molar-refractivity contribution in [1.29, 1.82) is 0 Å². The van der Waals surface area contributed by atoms with Crippen LogP contribution in [0, 0.1) is 12.8 Å². The van der Waals surface area contributed by atoms with E-state index in [1.165, 1.54) is 6.42 Å². The third-order valence-electron chi connectivity index (χ3n) is 4.04. The summed E-state index contributed by atoms with van der Waals surface area (Å²) < 4.78 is 0.945. The zero-order chi connectivity index (χ0) is 14.7. The summed E-state index contributed by atoms with van der Waals surface area (Å²) in [5.74, 6) is 0.612. The lowest BCUT2D eigenvalue weighted by Crippen LogP contribution is -2.33. The monoisotopic (exact) mass is 338 g/mol. The maximum atomic E-state index is 12.2. The molecule has 0 spiro atoms. The number of likely N-dealkylation sites (tertiary alicyclic amines) is 1. The summed E-state index contributed by atoms with van der Waals surface area (Å²) in [5.41, 5.74) is 1.78. The Labute approximate surface area is 129 Å². The van der Waals surface area contributed by atoms with Gasteiger partial charge in [-0.15, -0.1) is 0 Å². The minimum absolute atomic E-state index is 0.0341. The van der Waals surface area contributed by atoms with E-state index in [0.717, 1.165) is 35.2 Å². The van der Waals surface area contributed by atoms with Crippen molar-refractivity contribution >= 4 is 21.8 Å². The maximum Gasteiger partial charge on any atom is 0.251 e. The first-order valence-corrected chi connectivity index (χ1v) is 8.05. The SMILES string of the molecule is Cc1ccc(Br)cc1C(=O)NCC1CCN(C(C)C)C1. The number of carbonyl (C=O) groups is 1. The molecule has 1 aromatic rings. The predicted molar refractivity (Wildman–Crippen MR) is 86.0 cm³/mol. The largest absolute Gasteiger partial charge is 0.352 e. The molecule has 1 aromatic carbocycles. The Morgan fingerprint density at radius 2 is 2.25 bits per heavy atom. The van der Waals surface area contributed by atoms with Crippen LogP contribution >= 0.6 is 15.9 Å². The van der Waals surface area contributed by atoms with Crippen LogP contribution < -0.4 is 5.32 Å². The molecule has 110 valence electrons. The van der Waals surface area contributed by atoms with Gasteiger partial charge in [0, 0.05) is 29.2 Å². The Bertz CT molecular complexity index is 487. The zero-order valence-corrected chi connectivity index (χ0v) is 14.0. The van der Waals surface area contributed by atoms with Crippen LogP contribution in [0.5, 0.6) is 0 Å². The third kappa shape index (κ3) is 3.83. The number of hydrogen-bond acceptors (Lipinski definition) is 2. The van der Waals surface area contributed by atoms with Crippen molar-refractivity contribution in [3.63, 3.8) is 0 Å². The van der Waals surface area contributed by atoms with Gasteiger partial charge in [-0.3, -0.25) is 4.79 Å². The molecule has 1 amide bonds. The zero-order valence-electron chi connectivity index (χ0n) is 12.4. The van der Waals surface area contributed by atoms with E-state index in [0.29, 0.717) is 12.0 Å². The first-order chi connectivity index (χ1) is 9.47. The first kappa shape index (κ1) is 15.5. The van der Waals surface area contributed by atoms with E-state index >= 15 is 0 Å². The molecule has 1 saturated heterocycles. The molecule has 0 saturated carbocycles. The molecule has 0 bridgehead atoms. The van der Waals surface area contributed by atoms with E-state index in [1.807, 2.05) is 25.1 Å². The summed E-state index contributed by atoms with van der Waals surface area (Å²) in [6, 6.07) is 6.42. The minimum atomic E-state index is 0.0341. The second-order valence-corrected chi connectivity index (χ2v) is 6.83. The Hall–Kier alpha value is -0.870. The second kappa shape index (κ2) is 6.72. The molecule has 1 unspecified atom stereocenters. The van der Waals surface area contributed by atoms with Gasteiger partial charge in [-0.05, 0) is 57.4 Å². The maximum absolute atomic E-state index is 12.2. The van der Waals surface area contributed by atoms with Crippen LogP contribution in [0.2, 0.25) is 0 Å². The van der Waals surface area contributed by atoms with Gasteiger partial charge in [0.2, 0.25) is 0 Å². The van der Waals surface area contributed by atoms with Gasteiger partial charge in [0.15, 0.2) is 0 Å². The van der Waals surface area contributed by atoms with E-state index in [4.69, 9.17) is 0 Å². The van der Waals surface area contributed by atoms with E-state index in [2.05, 4.69) is 40.0 Å². The van der Waals surface area contributed by atoms with Crippen LogP contribution in [-0.4, -0.2) is 36.5 Å². The minimum Gasteiger partial charge on any atom is -0.352 e. The van der Waals surface area contributed by atoms with Gasteiger partial charge in [0.05, 0.1) is 0 Å². The molecule has 0 aliphatic carbocycles. The van der Waals surface area contributed by atoms with Gasteiger partial charge in [-0.1, -0.05) is 22.0 Å². The van der Waals surface area contributed by atoms with Crippen LogP contribution in [0.25, 0.3) is 0 Å². The average molecular weight is 339 g/mol. The summed E-state index contributed by atoms with van der Waals surface area (Å²) in [6.45, 7) is 9.44. The quantitative estimate of drug-likeness (QED) is 0.914. The highest BCUT2D eigenvalue weighted by atomic mass is 79.9. The molecule has 1 N–H and O–H groups in total. The topological polar surface area (TPSA) is 32.3 Å². The summed E-state index contributed by atoms with van der Waals surface area (Å²) in [6.07, 6.45) is 1.18. The lowest BCUT2D eigenvalue weighted by atomic mass is 10.1. The predicted octanol–water partition coefficient (Wildman–Crippen LogP) is 3.22. The van der Waals surface area contributed by atoms with Crippen molar-refractivity contribution in [1.82, 2.24) is 10.2 Å². The average Bonchev–Trinajstić information content (AvgIpc) is 2.88. The van der Waals surface area contributed by atoms with Crippen molar-refractivity contribution in [3.05, 3.63) is 33.8 Å². The van der Waals surface area contributed by atoms with Crippen LogP contribution in [-0.2, 0) is 0 Å². The Kier molecular flexibility index (Phi) is 5.22. The molecule has 20 heavy (non-hydrogen) atoms. The number of benzene rings is 1. The van der Waals surface area contributed by atoms with Crippen LogP contribution in [0.3, 0.4) is 0 Å². The number of aryl methyl sites for hydroxylation is 1. The van der Waals surface area contributed by atoms with Gasteiger partial charge in [-0.2, -0.15) is 0 Å². The highest BCUT2D eigenvalue weighted by Gasteiger charge is 2.24. The molecule has 1 heterocycles. The van der Waals surface area contributed by atoms with E-state index in [-0.39, 0.29) is 5.91 Å². The number of hydrogen-bond donors (Lipinski definition) is 1. The lowest BCUT2D eigenvalue weighted by molar-refractivity contribution is 0.0946. The van der Waals surface area contributed by atoms with Crippen molar-refractivity contribution in [2.24, 2.45) is 5.92 Å². The van der Waals surface area contributed by atoms with E-state index < -0.39 is 0 Å². The normalized spacial score (nSPS) is 19.6. The summed E-state index contributed by atoms with van der Waals surface area (Å²) in [4.78, 5) is 14.7. The molecule has 2 rings (SSSR count). The van der Waals surface area contributed by atoms with Crippen molar-refractivity contribution < 1.29 is 4.79 Å². The highest BCUT2D eigenvalue weighted by Crippen LogP contribution is 2.19. The van der Waals surface area contributed by atoms with Gasteiger partial charge < -0.3 is 10.2 Å². The number of carbonyl (C=O) groups excluding carboxylic acids is 1. The van der Waals surface area contributed by atoms with Crippen molar-refractivity contribution in [2.75, 3.05) is 19.6 Å². The van der Waals surface area contributed by atoms with Crippen molar-refractivity contribution in [3.8, 4) is 0 Å². The highest BCUT2D eigenvalue weighted by molar-refractivity contribution is 9.10. The van der Waals surface area contributed by atoms with E-state index in [1.54, 1.807) is 0 Å². The summed E-state index contributed by atoms with van der Waals surface area (Å²) >= 11 is 3.42. The molecule has 3 nitrogen and oxygen atoms in total. The Morgan fingerprint density at radius 3 is 2.90 bits per heavy atom. The number of nitrogens with zero attached hydrogens (tertiary/aromatic N) is 1. The number of halogens is 1. The number of amides is 1. The second-order valence-electron chi connectivity index (χ2n) is 5.91. The molecule has 4 heteroatoms. The van der Waals surface area contributed by atoms with Gasteiger partial charge in [0.1, 0.15) is 0 Å². The molecule has 1 aliphatic rings. The lowest BCUT2D eigenvalue weighted by Gasteiger charge is -2.20. The van der Waals surface area contributed by atoms with Crippen LogP contribution in [0.1, 0.15) is 36.2 Å². The summed E-state index contributed by atoms with van der Waals surface area (Å²) in [7, 11) is 0. The number of nitrogens with one attached hydrogen (secondary N) is 1. The Morgan fingerprint density at radius 1 is 1.50 bits per heavy atom. The van der Waals surface area contributed by atoms with Gasteiger partial charge >= 0.3 is 0 Å². The molecule has 0 aromatic heterocycles. The molecular weight excluding hydrogens is 316 g/mol. The molecule has 1 atom stereocenters. The summed E-state index contributed by atoms with van der Waals surface area (Å²) in [5, 5.41) is 3.08. The third-order valence-corrected chi connectivity index (χ3v) is 4.54. The molecule has 1 aliphatic heterocycles.